The first kappa shape index (κ1) is 6.89. The predicted molar refractivity (Wildman–Crippen MR) is 36.4 cm³/mol. The van der Waals surface area contributed by atoms with Gasteiger partial charge in [0.05, 0.1) is 0 Å². The summed E-state index contributed by atoms with van der Waals surface area (Å²) in [7, 11) is 0. The zero-order valence-electron chi connectivity index (χ0n) is 4.91. The number of carbonyl (C=O) groups is 1. The predicted octanol–water partition coefficient (Wildman–Crippen LogP) is -0.239. The Morgan fingerprint density at radius 1 is 1.78 bits per heavy atom. The van der Waals surface area contributed by atoms with Gasteiger partial charge in [-0.05, 0) is 11.5 Å². The number of hydrogen-bond donors (Lipinski definition) is 2. The fourth-order valence-corrected chi connectivity index (χ4v) is 1.59. The summed E-state index contributed by atoms with van der Waals surface area (Å²) in [5, 5.41) is 8.38. The van der Waals surface area contributed by atoms with Crippen molar-refractivity contribution in [1.82, 2.24) is 0 Å². The average Bonchev–Trinajstić information content (AvgIpc) is 1.60. The van der Waals surface area contributed by atoms with Crippen molar-refractivity contribution < 1.29 is 9.90 Å². The van der Waals surface area contributed by atoms with E-state index >= 15 is 0 Å². The van der Waals surface area contributed by atoms with E-state index in [1.54, 1.807) is 11.8 Å². The highest BCUT2D eigenvalue weighted by Crippen LogP contribution is 2.26. The van der Waals surface area contributed by atoms with Crippen molar-refractivity contribution in [2.75, 3.05) is 11.5 Å². The fourth-order valence-electron chi connectivity index (χ4n) is 0.663. The highest BCUT2D eigenvalue weighted by atomic mass is 32.2. The Bertz CT molecular complexity index is 124. The molecule has 4 heteroatoms. The first-order valence-electron chi connectivity index (χ1n) is 2.78. The summed E-state index contributed by atoms with van der Waals surface area (Å²) < 4.78 is 0. The normalized spacial score (nSPS) is 22.8. The monoisotopic (exact) mass is 147 g/mol. The minimum atomic E-state index is -0.875. The topological polar surface area (TPSA) is 63.3 Å². The molecule has 0 spiro atoms. The third-order valence-corrected chi connectivity index (χ3v) is 2.78. The van der Waals surface area contributed by atoms with Crippen LogP contribution < -0.4 is 5.73 Å². The Hall–Kier alpha value is -0.220. The number of carboxylic acid groups (broad SMARTS) is 1. The molecular weight excluding hydrogens is 138 g/mol. The molecule has 0 aliphatic carbocycles. The minimum absolute atomic E-state index is 0.215. The lowest BCUT2D eigenvalue weighted by Gasteiger charge is -2.27. The van der Waals surface area contributed by atoms with E-state index in [-0.39, 0.29) is 5.92 Å². The molecule has 52 valence electrons. The van der Waals surface area contributed by atoms with Crippen LogP contribution in [0.2, 0.25) is 0 Å². The molecule has 3 nitrogen and oxygen atoms in total. The van der Waals surface area contributed by atoms with Crippen molar-refractivity contribution >= 4 is 17.7 Å². The molecule has 0 amide bonds. The van der Waals surface area contributed by atoms with E-state index < -0.39 is 12.0 Å². The van der Waals surface area contributed by atoms with Gasteiger partial charge in [0.15, 0.2) is 0 Å². The highest BCUT2D eigenvalue weighted by molar-refractivity contribution is 8.00. The van der Waals surface area contributed by atoms with Crippen molar-refractivity contribution in [3.8, 4) is 0 Å². The molecule has 1 saturated heterocycles. The first-order chi connectivity index (χ1) is 4.22. The van der Waals surface area contributed by atoms with Crippen LogP contribution in [0.15, 0.2) is 0 Å². The van der Waals surface area contributed by atoms with E-state index in [2.05, 4.69) is 0 Å². The van der Waals surface area contributed by atoms with Gasteiger partial charge < -0.3 is 10.8 Å². The Morgan fingerprint density at radius 3 is 2.44 bits per heavy atom. The molecule has 0 aromatic heterocycles. The number of thioether (sulfide) groups is 1. The molecule has 1 atom stereocenters. The summed E-state index contributed by atoms with van der Waals surface area (Å²) in [6.07, 6.45) is 0. The summed E-state index contributed by atoms with van der Waals surface area (Å²) in [6.45, 7) is 0. The zero-order valence-corrected chi connectivity index (χ0v) is 5.73. The molecule has 1 aliphatic heterocycles. The maximum absolute atomic E-state index is 10.2. The Balaban J connectivity index is 2.32. The molecule has 9 heavy (non-hydrogen) atoms. The number of nitrogens with two attached hydrogens (primary N) is 1. The van der Waals surface area contributed by atoms with Gasteiger partial charge >= 0.3 is 5.97 Å². The highest BCUT2D eigenvalue weighted by Gasteiger charge is 2.29. The second-order valence-corrected chi connectivity index (χ2v) is 3.24. The van der Waals surface area contributed by atoms with E-state index in [9.17, 15) is 4.79 Å². The molecular formula is C5H9NO2S. The smallest absolute Gasteiger partial charge is 0.320 e. The lowest BCUT2D eigenvalue weighted by Crippen LogP contribution is -2.44. The van der Waals surface area contributed by atoms with Crippen LogP contribution in [-0.2, 0) is 4.79 Å². The van der Waals surface area contributed by atoms with E-state index in [1.807, 2.05) is 0 Å². The molecule has 1 rings (SSSR count). The van der Waals surface area contributed by atoms with Crippen molar-refractivity contribution in [3.05, 3.63) is 0 Å². The van der Waals surface area contributed by atoms with Crippen LogP contribution in [0.3, 0.4) is 0 Å². The average molecular weight is 147 g/mol. The molecule has 0 aromatic rings. The quantitative estimate of drug-likeness (QED) is 0.566. The maximum atomic E-state index is 10.2. The Kier molecular flexibility index (Phi) is 1.97. The van der Waals surface area contributed by atoms with Gasteiger partial charge in [0.1, 0.15) is 6.04 Å². The van der Waals surface area contributed by atoms with Crippen LogP contribution in [0.1, 0.15) is 0 Å². The Morgan fingerprint density at radius 2 is 2.33 bits per heavy atom. The minimum Gasteiger partial charge on any atom is -0.480 e. The lowest BCUT2D eigenvalue weighted by molar-refractivity contribution is -0.139. The van der Waals surface area contributed by atoms with E-state index in [4.69, 9.17) is 10.8 Å². The van der Waals surface area contributed by atoms with Crippen LogP contribution in [0.5, 0.6) is 0 Å². The number of hydrogen-bond acceptors (Lipinski definition) is 3. The summed E-state index contributed by atoms with van der Waals surface area (Å²) in [5.74, 6) is 1.16. The van der Waals surface area contributed by atoms with Gasteiger partial charge in [-0.25, -0.2) is 0 Å². The second-order valence-electron chi connectivity index (χ2n) is 2.16. The van der Waals surface area contributed by atoms with Gasteiger partial charge in [0, 0.05) is 5.92 Å². The van der Waals surface area contributed by atoms with Gasteiger partial charge in [0.25, 0.3) is 0 Å². The summed E-state index contributed by atoms with van der Waals surface area (Å²) >= 11 is 1.75. The summed E-state index contributed by atoms with van der Waals surface area (Å²) in [5.41, 5.74) is 5.31. The van der Waals surface area contributed by atoms with Crippen LogP contribution >= 0.6 is 11.8 Å². The number of rotatable bonds is 2. The van der Waals surface area contributed by atoms with Gasteiger partial charge in [-0.3, -0.25) is 4.79 Å². The SMILES string of the molecule is N[C@H](C(=O)O)C1CSC1. The van der Waals surface area contributed by atoms with E-state index in [0.717, 1.165) is 11.5 Å². The molecule has 0 saturated carbocycles. The maximum Gasteiger partial charge on any atom is 0.320 e. The fraction of sp³-hybridized carbons (Fsp3) is 0.800. The molecule has 0 aromatic carbocycles. The van der Waals surface area contributed by atoms with Crippen molar-refractivity contribution in [2.24, 2.45) is 11.7 Å². The number of carboxylic acids is 1. The van der Waals surface area contributed by atoms with Crippen molar-refractivity contribution in [2.45, 2.75) is 6.04 Å². The van der Waals surface area contributed by atoms with Gasteiger partial charge in [-0.2, -0.15) is 11.8 Å². The summed E-state index contributed by atoms with van der Waals surface area (Å²) in [4.78, 5) is 10.2. The van der Waals surface area contributed by atoms with Crippen LogP contribution in [0.25, 0.3) is 0 Å². The molecule has 0 bridgehead atoms. The van der Waals surface area contributed by atoms with Crippen molar-refractivity contribution in [1.29, 1.82) is 0 Å². The summed E-state index contributed by atoms with van der Waals surface area (Å²) in [6, 6.07) is -0.633. The van der Waals surface area contributed by atoms with E-state index in [0.29, 0.717) is 0 Å². The third-order valence-electron chi connectivity index (χ3n) is 1.46. The van der Waals surface area contributed by atoms with Gasteiger partial charge in [0.2, 0.25) is 0 Å². The molecule has 0 radical (unpaired) electrons. The Labute approximate surface area is 57.6 Å². The molecule has 1 fully saturated rings. The largest absolute Gasteiger partial charge is 0.480 e. The molecule has 3 N–H and O–H groups in total. The van der Waals surface area contributed by atoms with E-state index in [1.165, 1.54) is 0 Å². The van der Waals surface area contributed by atoms with Crippen molar-refractivity contribution in [3.63, 3.8) is 0 Å². The molecule has 1 heterocycles. The molecule has 1 aliphatic rings. The first-order valence-corrected chi connectivity index (χ1v) is 3.93. The zero-order chi connectivity index (χ0) is 6.85. The third kappa shape index (κ3) is 1.37. The van der Waals surface area contributed by atoms with Crippen LogP contribution in [-0.4, -0.2) is 28.6 Å². The molecule has 0 unspecified atom stereocenters. The van der Waals surface area contributed by atoms with Crippen LogP contribution in [0.4, 0.5) is 0 Å². The number of aliphatic carboxylic acids is 1. The second kappa shape index (κ2) is 2.58. The standard InChI is InChI=1S/C5H9NO2S/c6-4(5(7)8)3-1-9-2-3/h3-4H,1-2,6H2,(H,7,8)/t4-/m0/s1. The lowest BCUT2D eigenvalue weighted by atomic mass is 10.1. The van der Waals surface area contributed by atoms with Crippen LogP contribution in [0, 0.1) is 5.92 Å². The van der Waals surface area contributed by atoms with Gasteiger partial charge in [-0.1, -0.05) is 0 Å². The van der Waals surface area contributed by atoms with Gasteiger partial charge in [-0.15, -0.1) is 0 Å².